The molecule has 0 aliphatic carbocycles. The van der Waals surface area contributed by atoms with Crippen LogP contribution in [0, 0.1) is 5.92 Å². The molecule has 19 heavy (non-hydrogen) atoms. The molecule has 2 atom stereocenters. The number of hydrogen-bond acceptors (Lipinski definition) is 3. The Morgan fingerprint density at radius 1 is 1.21 bits per heavy atom. The number of rotatable bonds is 9. The Hall–Kier alpha value is -0.380. The molecule has 0 radical (unpaired) electrons. The van der Waals surface area contributed by atoms with Crippen LogP contribution in [0.1, 0.15) is 39.0 Å². The maximum atomic E-state index is 3.57. The van der Waals surface area contributed by atoms with Crippen LogP contribution in [0.5, 0.6) is 0 Å². The molecule has 0 aliphatic heterocycles. The van der Waals surface area contributed by atoms with E-state index < -0.39 is 0 Å². The SMILES string of the molecule is CC(C)CCNCC(C)N(C)C(C)Cc1cccs1. The molecule has 1 aromatic heterocycles. The molecule has 0 saturated heterocycles. The van der Waals surface area contributed by atoms with Gasteiger partial charge in [0.25, 0.3) is 0 Å². The van der Waals surface area contributed by atoms with E-state index in [0.29, 0.717) is 12.1 Å². The molecule has 1 heterocycles. The lowest BCUT2D eigenvalue weighted by Crippen LogP contribution is -2.43. The van der Waals surface area contributed by atoms with Crippen LogP contribution >= 0.6 is 11.3 Å². The summed E-state index contributed by atoms with van der Waals surface area (Å²) in [6.45, 7) is 11.4. The highest BCUT2D eigenvalue weighted by Crippen LogP contribution is 2.14. The van der Waals surface area contributed by atoms with E-state index in [1.54, 1.807) is 0 Å². The van der Waals surface area contributed by atoms with Gasteiger partial charge in [0.2, 0.25) is 0 Å². The Kier molecular flexibility index (Phi) is 7.66. The zero-order chi connectivity index (χ0) is 14.3. The van der Waals surface area contributed by atoms with E-state index in [1.165, 1.54) is 11.3 Å². The monoisotopic (exact) mass is 282 g/mol. The van der Waals surface area contributed by atoms with E-state index in [1.807, 2.05) is 11.3 Å². The minimum absolute atomic E-state index is 0.585. The Labute approximate surface area is 123 Å². The fourth-order valence-corrected chi connectivity index (χ4v) is 2.97. The summed E-state index contributed by atoms with van der Waals surface area (Å²) in [7, 11) is 2.24. The quantitative estimate of drug-likeness (QED) is 0.696. The molecule has 0 amide bonds. The van der Waals surface area contributed by atoms with Gasteiger partial charge < -0.3 is 5.32 Å². The van der Waals surface area contributed by atoms with E-state index >= 15 is 0 Å². The topological polar surface area (TPSA) is 15.3 Å². The van der Waals surface area contributed by atoms with Gasteiger partial charge in [-0.25, -0.2) is 0 Å². The first-order chi connectivity index (χ1) is 9.00. The number of nitrogens with zero attached hydrogens (tertiary/aromatic N) is 1. The van der Waals surface area contributed by atoms with Crippen molar-refractivity contribution in [3.8, 4) is 0 Å². The van der Waals surface area contributed by atoms with Crippen LogP contribution in [-0.2, 0) is 6.42 Å². The van der Waals surface area contributed by atoms with Gasteiger partial charge in [-0.15, -0.1) is 11.3 Å². The van der Waals surface area contributed by atoms with Gasteiger partial charge in [-0.3, -0.25) is 4.90 Å². The molecule has 2 nitrogen and oxygen atoms in total. The second kappa shape index (κ2) is 8.72. The Balaban J connectivity index is 2.24. The lowest BCUT2D eigenvalue weighted by molar-refractivity contribution is 0.191. The summed E-state index contributed by atoms with van der Waals surface area (Å²) < 4.78 is 0. The van der Waals surface area contributed by atoms with Crippen molar-refractivity contribution in [2.45, 2.75) is 52.6 Å². The van der Waals surface area contributed by atoms with Gasteiger partial charge in [0.1, 0.15) is 0 Å². The average Bonchev–Trinajstić information content (AvgIpc) is 2.85. The average molecular weight is 282 g/mol. The summed E-state index contributed by atoms with van der Waals surface area (Å²) in [4.78, 5) is 3.97. The van der Waals surface area contributed by atoms with Crippen LogP contribution in [-0.4, -0.2) is 37.1 Å². The second-order valence-corrected chi connectivity index (χ2v) is 7.07. The van der Waals surface area contributed by atoms with Crippen LogP contribution in [0.4, 0.5) is 0 Å². The van der Waals surface area contributed by atoms with E-state index in [4.69, 9.17) is 0 Å². The van der Waals surface area contributed by atoms with Gasteiger partial charge in [-0.1, -0.05) is 19.9 Å². The van der Waals surface area contributed by atoms with Crippen molar-refractivity contribution in [3.63, 3.8) is 0 Å². The summed E-state index contributed by atoms with van der Waals surface area (Å²) in [5.74, 6) is 0.790. The lowest BCUT2D eigenvalue weighted by Gasteiger charge is -2.31. The molecule has 1 rings (SSSR count). The van der Waals surface area contributed by atoms with E-state index in [2.05, 4.69) is 62.5 Å². The van der Waals surface area contributed by atoms with Gasteiger partial charge in [0.15, 0.2) is 0 Å². The highest BCUT2D eigenvalue weighted by molar-refractivity contribution is 7.09. The largest absolute Gasteiger partial charge is 0.315 e. The first-order valence-electron chi connectivity index (χ1n) is 7.45. The second-order valence-electron chi connectivity index (χ2n) is 6.03. The lowest BCUT2D eigenvalue weighted by atomic mass is 10.1. The summed E-state index contributed by atoms with van der Waals surface area (Å²) in [6, 6.07) is 5.56. The normalized spacial score (nSPS) is 15.1. The van der Waals surface area contributed by atoms with Crippen molar-refractivity contribution in [3.05, 3.63) is 22.4 Å². The first-order valence-corrected chi connectivity index (χ1v) is 8.33. The first kappa shape index (κ1) is 16.7. The zero-order valence-electron chi connectivity index (χ0n) is 13.1. The maximum absolute atomic E-state index is 3.57. The molecule has 0 bridgehead atoms. The fourth-order valence-electron chi connectivity index (χ4n) is 2.14. The van der Waals surface area contributed by atoms with E-state index in [0.717, 1.165) is 25.4 Å². The molecule has 0 aliphatic rings. The van der Waals surface area contributed by atoms with Crippen molar-refractivity contribution >= 4 is 11.3 Å². The Morgan fingerprint density at radius 2 is 1.95 bits per heavy atom. The summed E-state index contributed by atoms with van der Waals surface area (Å²) in [6.07, 6.45) is 2.42. The molecular formula is C16H30N2S. The van der Waals surface area contributed by atoms with Crippen LogP contribution in [0.2, 0.25) is 0 Å². The number of nitrogens with one attached hydrogen (secondary N) is 1. The van der Waals surface area contributed by atoms with Gasteiger partial charge in [0.05, 0.1) is 0 Å². The predicted molar refractivity (Wildman–Crippen MR) is 87.0 cm³/mol. The smallest absolute Gasteiger partial charge is 0.0192 e. The van der Waals surface area contributed by atoms with Crippen molar-refractivity contribution in [2.75, 3.05) is 20.1 Å². The minimum atomic E-state index is 0.585. The maximum Gasteiger partial charge on any atom is 0.0192 e. The molecule has 110 valence electrons. The van der Waals surface area contributed by atoms with Crippen LogP contribution in [0.15, 0.2) is 17.5 Å². The summed E-state index contributed by atoms with van der Waals surface area (Å²) in [5.41, 5.74) is 0. The molecule has 0 aromatic carbocycles. The number of thiophene rings is 1. The van der Waals surface area contributed by atoms with Gasteiger partial charge in [0, 0.05) is 23.5 Å². The number of likely N-dealkylation sites (N-methyl/N-ethyl adjacent to an activating group) is 1. The molecule has 0 spiro atoms. The zero-order valence-corrected chi connectivity index (χ0v) is 14.0. The number of hydrogen-bond donors (Lipinski definition) is 1. The molecule has 0 fully saturated rings. The molecule has 3 heteroatoms. The highest BCUT2D eigenvalue weighted by Gasteiger charge is 2.16. The van der Waals surface area contributed by atoms with E-state index in [-0.39, 0.29) is 0 Å². The third-order valence-corrected chi connectivity index (χ3v) is 4.70. The summed E-state index contributed by atoms with van der Waals surface area (Å²) >= 11 is 1.86. The standard InChI is InChI=1S/C16H30N2S/c1-13(2)8-9-17-12-15(4)18(5)14(3)11-16-7-6-10-19-16/h6-7,10,13-15,17H,8-9,11-12H2,1-5H3. The van der Waals surface area contributed by atoms with Crippen LogP contribution in [0.3, 0.4) is 0 Å². The van der Waals surface area contributed by atoms with Crippen molar-refractivity contribution < 1.29 is 0 Å². The van der Waals surface area contributed by atoms with Gasteiger partial charge >= 0.3 is 0 Å². The Bertz CT molecular complexity index is 321. The summed E-state index contributed by atoms with van der Waals surface area (Å²) in [5, 5.41) is 5.74. The van der Waals surface area contributed by atoms with Crippen LogP contribution in [0.25, 0.3) is 0 Å². The predicted octanol–water partition coefficient (Wildman–Crippen LogP) is 3.64. The third-order valence-electron chi connectivity index (χ3n) is 3.81. The molecule has 1 aromatic rings. The fraction of sp³-hybridized carbons (Fsp3) is 0.750. The molecule has 1 N–H and O–H groups in total. The third kappa shape index (κ3) is 6.55. The molecule has 2 unspecified atom stereocenters. The Morgan fingerprint density at radius 3 is 2.53 bits per heavy atom. The van der Waals surface area contributed by atoms with Gasteiger partial charge in [-0.2, -0.15) is 0 Å². The van der Waals surface area contributed by atoms with Crippen molar-refractivity contribution in [2.24, 2.45) is 5.92 Å². The van der Waals surface area contributed by atoms with Crippen LogP contribution < -0.4 is 5.32 Å². The highest BCUT2D eigenvalue weighted by atomic mass is 32.1. The minimum Gasteiger partial charge on any atom is -0.315 e. The van der Waals surface area contributed by atoms with Gasteiger partial charge in [-0.05, 0) is 57.6 Å². The molecule has 0 saturated carbocycles. The van der Waals surface area contributed by atoms with Crippen molar-refractivity contribution in [1.82, 2.24) is 10.2 Å². The van der Waals surface area contributed by atoms with Crippen molar-refractivity contribution in [1.29, 1.82) is 0 Å². The van der Waals surface area contributed by atoms with E-state index in [9.17, 15) is 0 Å². The molecular weight excluding hydrogens is 252 g/mol.